The summed E-state index contributed by atoms with van der Waals surface area (Å²) in [5, 5.41) is 11.7. The molecular weight excluding hydrogens is 230 g/mol. The van der Waals surface area contributed by atoms with Gasteiger partial charge in [0, 0.05) is 5.92 Å². The number of carbonyl (C=O) groups is 2. The largest absolute Gasteiger partial charge is 0.480 e. The lowest BCUT2D eigenvalue weighted by Crippen LogP contribution is -2.43. The summed E-state index contributed by atoms with van der Waals surface area (Å²) in [6.07, 6.45) is 5.96. The van der Waals surface area contributed by atoms with E-state index in [0.717, 1.165) is 38.5 Å². The highest BCUT2D eigenvalue weighted by Crippen LogP contribution is 2.13. The van der Waals surface area contributed by atoms with E-state index in [1.807, 2.05) is 13.8 Å². The smallest absolute Gasteiger partial charge is 0.326 e. The van der Waals surface area contributed by atoms with E-state index >= 15 is 0 Å². The maximum Gasteiger partial charge on any atom is 0.326 e. The van der Waals surface area contributed by atoms with Gasteiger partial charge in [0.25, 0.3) is 0 Å². The molecule has 2 N–H and O–H groups in total. The third-order valence-corrected chi connectivity index (χ3v) is 3.23. The van der Waals surface area contributed by atoms with Gasteiger partial charge < -0.3 is 10.4 Å². The number of nitrogens with one attached hydrogen (secondary N) is 1. The van der Waals surface area contributed by atoms with Crippen LogP contribution in [-0.4, -0.2) is 23.0 Å². The molecule has 4 heteroatoms. The molecule has 0 radical (unpaired) electrons. The Morgan fingerprint density at radius 1 is 1.06 bits per heavy atom. The maximum absolute atomic E-state index is 12.0. The Labute approximate surface area is 110 Å². The molecule has 4 nitrogen and oxygen atoms in total. The molecule has 0 aliphatic rings. The summed E-state index contributed by atoms with van der Waals surface area (Å²) in [6, 6.07) is -0.729. The molecule has 0 aromatic carbocycles. The Bertz CT molecular complexity index is 253. The quantitative estimate of drug-likeness (QED) is 0.632. The van der Waals surface area contributed by atoms with Crippen molar-refractivity contribution < 1.29 is 14.7 Å². The molecule has 0 saturated heterocycles. The van der Waals surface area contributed by atoms with E-state index in [-0.39, 0.29) is 11.8 Å². The van der Waals surface area contributed by atoms with Gasteiger partial charge in [0.15, 0.2) is 0 Å². The van der Waals surface area contributed by atoms with Gasteiger partial charge in [0.1, 0.15) is 6.04 Å². The third kappa shape index (κ3) is 6.62. The van der Waals surface area contributed by atoms with Gasteiger partial charge in [-0.2, -0.15) is 0 Å². The Hall–Kier alpha value is -1.06. The van der Waals surface area contributed by atoms with Crippen LogP contribution in [0.4, 0.5) is 0 Å². The fourth-order valence-electron chi connectivity index (χ4n) is 1.93. The summed E-state index contributed by atoms with van der Waals surface area (Å²) in [5.41, 5.74) is 0. The van der Waals surface area contributed by atoms with Gasteiger partial charge in [-0.25, -0.2) is 4.79 Å². The van der Waals surface area contributed by atoms with Crippen molar-refractivity contribution in [2.45, 2.75) is 71.8 Å². The molecule has 0 rings (SSSR count). The van der Waals surface area contributed by atoms with Crippen molar-refractivity contribution in [3.8, 4) is 0 Å². The van der Waals surface area contributed by atoms with Crippen molar-refractivity contribution in [2.75, 3.05) is 0 Å². The molecule has 0 saturated carbocycles. The van der Waals surface area contributed by atoms with Gasteiger partial charge in [-0.1, -0.05) is 46.5 Å². The van der Waals surface area contributed by atoms with Crippen LogP contribution in [0.5, 0.6) is 0 Å². The minimum absolute atomic E-state index is 0.0478. The van der Waals surface area contributed by atoms with E-state index in [1.54, 1.807) is 0 Å². The highest BCUT2D eigenvalue weighted by molar-refractivity contribution is 5.84. The fourth-order valence-corrected chi connectivity index (χ4v) is 1.93. The summed E-state index contributed by atoms with van der Waals surface area (Å²) < 4.78 is 0. The minimum atomic E-state index is -0.929. The van der Waals surface area contributed by atoms with Crippen LogP contribution in [0.1, 0.15) is 65.7 Å². The zero-order chi connectivity index (χ0) is 14.0. The number of rotatable bonds is 10. The Kier molecular flexibility index (Phi) is 9.33. The lowest BCUT2D eigenvalue weighted by atomic mass is 9.97. The zero-order valence-electron chi connectivity index (χ0n) is 11.9. The van der Waals surface area contributed by atoms with E-state index < -0.39 is 12.0 Å². The molecule has 0 aromatic heterocycles. The average molecular weight is 257 g/mol. The zero-order valence-corrected chi connectivity index (χ0v) is 11.9. The fraction of sp³-hybridized carbons (Fsp3) is 0.857. The molecule has 106 valence electrons. The van der Waals surface area contributed by atoms with Crippen LogP contribution in [0.3, 0.4) is 0 Å². The lowest BCUT2D eigenvalue weighted by Gasteiger charge is -2.19. The van der Waals surface area contributed by atoms with Crippen molar-refractivity contribution in [1.29, 1.82) is 0 Å². The third-order valence-electron chi connectivity index (χ3n) is 3.23. The van der Waals surface area contributed by atoms with Gasteiger partial charge in [0.2, 0.25) is 5.91 Å². The molecule has 0 aliphatic carbocycles. The first-order chi connectivity index (χ1) is 8.56. The summed E-state index contributed by atoms with van der Waals surface area (Å²) in [7, 11) is 0. The molecule has 18 heavy (non-hydrogen) atoms. The normalized spacial score (nSPS) is 13.9. The number of carboxylic acids is 1. The Morgan fingerprint density at radius 3 is 2.06 bits per heavy atom. The maximum atomic E-state index is 12.0. The van der Waals surface area contributed by atoms with Crippen LogP contribution in [0.2, 0.25) is 0 Å². The van der Waals surface area contributed by atoms with E-state index in [0.29, 0.717) is 6.42 Å². The van der Waals surface area contributed by atoms with Gasteiger partial charge >= 0.3 is 5.97 Å². The van der Waals surface area contributed by atoms with Crippen molar-refractivity contribution in [1.82, 2.24) is 5.32 Å². The van der Waals surface area contributed by atoms with E-state index in [9.17, 15) is 9.59 Å². The van der Waals surface area contributed by atoms with Gasteiger partial charge in [-0.05, 0) is 19.3 Å². The second-order valence-electron chi connectivity index (χ2n) is 4.79. The molecular formula is C14H27NO3. The molecule has 0 aliphatic heterocycles. The number of carbonyl (C=O) groups excluding carboxylic acids is 1. The van der Waals surface area contributed by atoms with Crippen LogP contribution < -0.4 is 5.32 Å². The summed E-state index contributed by atoms with van der Waals surface area (Å²) in [6.45, 7) is 6.07. The predicted octanol–water partition coefficient (Wildman–Crippen LogP) is 2.96. The van der Waals surface area contributed by atoms with Gasteiger partial charge in [-0.3, -0.25) is 4.79 Å². The first-order valence-electron chi connectivity index (χ1n) is 7.09. The van der Waals surface area contributed by atoms with Crippen LogP contribution in [-0.2, 0) is 9.59 Å². The second-order valence-corrected chi connectivity index (χ2v) is 4.79. The molecule has 2 atom stereocenters. The van der Waals surface area contributed by atoms with Crippen LogP contribution in [0.15, 0.2) is 0 Å². The molecule has 0 spiro atoms. The molecule has 2 unspecified atom stereocenters. The van der Waals surface area contributed by atoms with E-state index in [1.165, 1.54) is 0 Å². The average Bonchev–Trinajstić information content (AvgIpc) is 2.34. The van der Waals surface area contributed by atoms with Crippen LogP contribution in [0, 0.1) is 5.92 Å². The highest BCUT2D eigenvalue weighted by atomic mass is 16.4. The molecule has 0 heterocycles. The van der Waals surface area contributed by atoms with Crippen molar-refractivity contribution >= 4 is 11.9 Å². The van der Waals surface area contributed by atoms with E-state index in [4.69, 9.17) is 5.11 Å². The second kappa shape index (κ2) is 9.92. The monoisotopic (exact) mass is 257 g/mol. The highest BCUT2D eigenvalue weighted by Gasteiger charge is 2.23. The predicted molar refractivity (Wildman–Crippen MR) is 72.4 cm³/mol. The van der Waals surface area contributed by atoms with Crippen molar-refractivity contribution in [3.05, 3.63) is 0 Å². The first kappa shape index (κ1) is 16.9. The number of unbranched alkanes of at least 4 members (excludes halogenated alkanes) is 2. The summed E-state index contributed by atoms with van der Waals surface area (Å²) >= 11 is 0. The van der Waals surface area contributed by atoms with E-state index in [2.05, 4.69) is 12.2 Å². The number of carboxylic acid groups (broad SMARTS) is 1. The van der Waals surface area contributed by atoms with Crippen LogP contribution >= 0.6 is 0 Å². The standard InChI is InChI=1S/C14H27NO3/c1-4-7-9-11(6-3)13(16)15-12(14(17)18)10-8-5-2/h11-12H,4-10H2,1-3H3,(H,15,16)(H,17,18). The summed E-state index contributed by atoms with van der Waals surface area (Å²) in [5.74, 6) is -1.08. The van der Waals surface area contributed by atoms with Gasteiger partial charge in [0.05, 0.1) is 0 Å². The minimum Gasteiger partial charge on any atom is -0.480 e. The van der Waals surface area contributed by atoms with Crippen molar-refractivity contribution in [3.63, 3.8) is 0 Å². The Balaban J connectivity index is 4.32. The molecule has 0 aromatic rings. The lowest BCUT2D eigenvalue weighted by molar-refractivity contribution is -0.142. The SMILES string of the molecule is CCCCC(CC)C(=O)NC(CCCC)C(=O)O. The number of aliphatic carboxylic acids is 1. The summed E-state index contributed by atoms with van der Waals surface area (Å²) in [4.78, 5) is 23.0. The molecule has 0 fully saturated rings. The number of hydrogen-bond donors (Lipinski definition) is 2. The first-order valence-corrected chi connectivity index (χ1v) is 7.09. The Morgan fingerprint density at radius 2 is 1.61 bits per heavy atom. The number of hydrogen-bond acceptors (Lipinski definition) is 2. The number of amides is 1. The van der Waals surface area contributed by atoms with Gasteiger partial charge in [-0.15, -0.1) is 0 Å². The van der Waals surface area contributed by atoms with Crippen molar-refractivity contribution in [2.24, 2.45) is 5.92 Å². The molecule has 1 amide bonds. The molecule has 0 bridgehead atoms. The topological polar surface area (TPSA) is 66.4 Å². The van der Waals surface area contributed by atoms with Crippen LogP contribution in [0.25, 0.3) is 0 Å².